The third kappa shape index (κ3) is 2.34. The zero-order valence-corrected chi connectivity index (χ0v) is 9.20. The van der Waals surface area contributed by atoms with E-state index in [1.54, 1.807) is 6.92 Å². The Hall–Kier alpha value is -1.31. The highest BCUT2D eigenvalue weighted by molar-refractivity contribution is 5.98. The molecule has 0 radical (unpaired) electrons. The van der Waals surface area contributed by atoms with Gasteiger partial charge in [0.05, 0.1) is 5.71 Å². The van der Waals surface area contributed by atoms with Crippen LogP contribution in [0.5, 0.6) is 0 Å². The van der Waals surface area contributed by atoms with Gasteiger partial charge in [0.2, 0.25) is 0 Å². The number of oxime groups is 1. The molecule has 0 spiro atoms. The third-order valence-corrected chi connectivity index (χ3v) is 2.30. The minimum atomic E-state index is 0.131. The Morgan fingerprint density at radius 1 is 1.29 bits per heavy atom. The molecular weight excluding hydrogens is 174 g/mol. The Morgan fingerprint density at radius 2 is 1.93 bits per heavy atom. The highest BCUT2D eigenvalue weighted by atomic mass is 16.4. The van der Waals surface area contributed by atoms with Crippen LogP contribution in [0.15, 0.2) is 29.4 Å². The summed E-state index contributed by atoms with van der Waals surface area (Å²) in [6, 6.07) is 8.10. The first-order valence-corrected chi connectivity index (χ1v) is 4.74. The van der Waals surface area contributed by atoms with Crippen molar-refractivity contribution in [2.24, 2.45) is 5.16 Å². The van der Waals surface area contributed by atoms with Crippen molar-refractivity contribution in [2.75, 3.05) is 0 Å². The summed E-state index contributed by atoms with van der Waals surface area (Å²) in [4.78, 5) is 0. The maximum atomic E-state index is 8.67. The summed E-state index contributed by atoms with van der Waals surface area (Å²) in [6.45, 7) is 8.29. The number of rotatable bonds is 1. The number of hydrogen-bond acceptors (Lipinski definition) is 2. The molecule has 0 saturated carbocycles. The molecule has 2 heteroatoms. The van der Waals surface area contributed by atoms with Gasteiger partial charge in [-0.25, -0.2) is 0 Å². The van der Waals surface area contributed by atoms with Crippen LogP contribution in [0.25, 0.3) is 0 Å². The van der Waals surface area contributed by atoms with Gasteiger partial charge in [0.1, 0.15) is 0 Å². The second-order valence-electron chi connectivity index (χ2n) is 4.52. The summed E-state index contributed by atoms with van der Waals surface area (Å²) >= 11 is 0. The molecule has 0 aliphatic heterocycles. The lowest BCUT2D eigenvalue weighted by Gasteiger charge is -2.19. The van der Waals surface area contributed by atoms with Gasteiger partial charge in [-0.2, -0.15) is 0 Å². The standard InChI is InChI=1S/C12H17NO/c1-9(13-14)10-6-5-7-11(8-10)12(2,3)4/h5-8,14H,1-4H3. The monoisotopic (exact) mass is 191 g/mol. The van der Waals surface area contributed by atoms with Crippen molar-refractivity contribution >= 4 is 5.71 Å². The zero-order chi connectivity index (χ0) is 10.8. The fraction of sp³-hybridized carbons (Fsp3) is 0.417. The van der Waals surface area contributed by atoms with Crippen molar-refractivity contribution in [3.8, 4) is 0 Å². The fourth-order valence-electron chi connectivity index (χ4n) is 1.27. The normalized spacial score (nSPS) is 13.0. The zero-order valence-electron chi connectivity index (χ0n) is 9.20. The van der Waals surface area contributed by atoms with E-state index < -0.39 is 0 Å². The fourth-order valence-corrected chi connectivity index (χ4v) is 1.27. The lowest BCUT2D eigenvalue weighted by Crippen LogP contribution is -2.11. The van der Waals surface area contributed by atoms with Crippen LogP contribution in [0.2, 0.25) is 0 Å². The van der Waals surface area contributed by atoms with E-state index in [0.29, 0.717) is 5.71 Å². The number of nitrogens with zero attached hydrogens (tertiary/aromatic N) is 1. The van der Waals surface area contributed by atoms with Crippen molar-refractivity contribution in [3.05, 3.63) is 35.4 Å². The lowest BCUT2D eigenvalue weighted by atomic mass is 9.86. The maximum absolute atomic E-state index is 8.67. The Labute approximate surface area is 85.3 Å². The highest BCUT2D eigenvalue weighted by Gasteiger charge is 2.13. The molecular formula is C12H17NO. The van der Waals surface area contributed by atoms with Crippen LogP contribution in [0.4, 0.5) is 0 Å². The smallest absolute Gasteiger partial charge is 0.0837 e. The molecule has 0 heterocycles. The Morgan fingerprint density at radius 3 is 2.43 bits per heavy atom. The van der Waals surface area contributed by atoms with Gasteiger partial charge in [-0.1, -0.05) is 44.1 Å². The Kier molecular flexibility index (Phi) is 2.94. The molecule has 14 heavy (non-hydrogen) atoms. The number of benzene rings is 1. The van der Waals surface area contributed by atoms with E-state index in [-0.39, 0.29) is 5.41 Å². The minimum absolute atomic E-state index is 0.131. The Balaban J connectivity index is 3.14. The highest BCUT2D eigenvalue weighted by Crippen LogP contribution is 2.22. The van der Waals surface area contributed by atoms with E-state index in [4.69, 9.17) is 5.21 Å². The first-order chi connectivity index (χ1) is 6.45. The molecule has 1 N–H and O–H groups in total. The molecule has 2 nitrogen and oxygen atoms in total. The Bertz CT molecular complexity index is 348. The molecule has 0 atom stereocenters. The molecule has 0 bridgehead atoms. The third-order valence-electron chi connectivity index (χ3n) is 2.30. The van der Waals surface area contributed by atoms with Gasteiger partial charge in [-0.3, -0.25) is 0 Å². The molecule has 76 valence electrons. The second kappa shape index (κ2) is 3.82. The van der Waals surface area contributed by atoms with Gasteiger partial charge in [0.25, 0.3) is 0 Å². The van der Waals surface area contributed by atoms with E-state index in [1.165, 1.54) is 5.56 Å². The van der Waals surface area contributed by atoms with E-state index in [1.807, 2.05) is 12.1 Å². The first kappa shape index (κ1) is 10.8. The molecule has 0 saturated heterocycles. The van der Waals surface area contributed by atoms with Gasteiger partial charge in [-0.15, -0.1) is 0 Å². The van der Waals surface area contributed by atoms with Crippen LogP contribution < -0.4 is 0 Å². The van der Waals surface area contributed by atoms with Gasteiger partial charge in [-0.05, 0) is 29.5 Å². The quantitative estimate of drug-likeness (QED) is 0.412. The van der Waals surface area contributed by atoms with Crippen molar-refractivity contribution < 1.29 is 5.21 Å². The van der Waals surface area contributed by atoms with Crippen LogP contribution in [0.1, 0.15) is 38.8 Å². The summed E-state index contributed by atoms with van der Waals surface area (Å²) in [5.41, 5.74) is 3.00. The summed E-state index contributed by atoms with van der Waals surface area (Å²) in [5, 5.41) is 11.9. The molecule has 1 aromatic carbocycles. The lowest BCUT2D eigenvalue weighted by molar-refractivity contribution is 0.319. The van der Waals surface area contributed by atoms with Crippen molar-refractivity contribution in [3.63, 3.8) is 0 Å². The van der Waals surface area contributed by atoms with Crippen molar-refractivity contribution in [1.29, 1.82) is 0 Å². The molecule has 0 aliphatic rings. The predicted molar refractivity (Wildman–Crippen MR) is 59.1 cm³/mol. The van der Waals surface area contributed by atoms with Crippen LogP contribution in [-0.4, -0.2) is 10.9 Å². The van der Waals surface area contributed by atoms with Crippen LogP contribution in [-0.2, 0) is 5.41 Å². The van der Waals surface area contributed by atoms with E-state index >= 15 is 0 Å². The number of hydrogen-bond donors (Lipinski definition) is 1. The van der Waals surface area contributed by atoms with Gasteiger partial charge in [0.15, 0.2) is 0 Å². The average molecular weight is 191 g/mol. The van der Waals surface area contributed by atoms with Gasteiger partial charge >= 0.3 is 0 Å². The van der Waals surface area contributed by atoms with Gasteiger partial charge in [0, 0.05) is 0 Å². The summed E-state index contributed by atoms with van der Waals surface area (Å²) in [5.74, 6) is 0. The summed E-state index contributed by atoms with van der Waals surface area (Å²) < 4.78 is 0. The summed E-state index contributed by atoms with van der Waals surface area (Å²) in [6.07, 6.45) is 0. The van der Waals surface area contributed by atoms with Gasteiger partial charge < -0.3 is 5.21 Å². The average Bonchev–Trinajstić information content (AvgIpc) is 2.15. The minimum Gasteiger partial charge on any atom is -0.411 e. The maximum Gasteiger partial charge on any atom is 0.0837 e. The molecule has 0 fully saturated rings. The van der Waals surface area contributed by atoms with Crippen LogP contribution in [0, 0.1) is 0 Å². The molecule has 0 aromatic heterocycles. The van der Waals surface area contributed by atoms with E-state index in [0.717, 1.165) is 5.56 Å². The van der Waals surface area contributed by atoms with Crippen LogP contribution in [0.3, 0.4) is 0 Å². The summed E-state index contributed by atoms with van der Waals surface area (Å²) in [7, 11) is 0. The molecule has 1 aromatic rings. The first-order valence-electron chi connectivity index (χ1n) is 4.74. The largest absolute Gasteiger partial charge is 0.411 e. The molecule has 0 amide bonds. The van der Waals surface area contributed by atoms with Crippen LogP contribution >= 0.6 is 0 Å². The van der Waals surface area contributed by atoms with Crippen molar-refractivity contribution in [1.82, 2.24) is 0 Å². The molecule has 0 unspecified atom stereocenters. The molecule has 0 aliphatic carbocycles. The van der Waals surface area contributed by atoms with Crippen molar-refractivity contribution in [2.45, 2.75) is 33.1 Å². The molecule has 1 rings (SSSR count). The second-order valence-corrected chi connectivity index (χ2v) is 4.52. The van der Waals surface area contributed by atoms with E-state index in [9.17, 15) is 0 Å². The van der Waals surface area contributed by atoms with E-state index in [2.05, 4.69) is 38.1 Å². The topological polar surface area (TPSA) is 32.6 Å². The predicted octanol–water partition coefficient (Wildman–Crippen LogP) is 3.18. The SMILES string of the molecule is CC(=NO)c1cccc(C(C)(C)C)c1.